The van der Waals surface area contributed by atoms with Crippen LogP contribution in [0.15, 0.2) is 5.16 Å². The third-order valence-corrected chi connectivity index (χ3v) is 4.94. The molecule has 0 bridgehead atoms. The Morgan fingerprint density at radius 1 is 1.24 bits per heavy atom. The molecular formula is C16H33N3O2. The van der Waals surface area contributed by atoms with Crippen LogP contribution in [0.2, 0.25) is 0 Å². The molecule has 0 atom stereocenters. The summed E-state index contributed by atoms with van der Waals surface area (Å²) in [7, 11) is 0. The molecule has 5 N–H and O–H groups in total. The number of nitrogens with one attached hydrogen (secondary N) is 1. The number of oxime groups is 1. The molecule has 0 unspecified atom stereocenters. The van der Waals surface area contributed by atoms with Gasteiger partial charge >= 0.3 is 0 Å². The Morgan fingerprint density at radius 2 is 1.81 bits per heavy atom. The predicted octanol–water partition coefficient (Wildman–Crippen LogP) is 2.46. The second-order valence-corrected chi connectivity index (χ2v) is 8.04. The van der Waals surface area contributed by atoms with Crippen LogP contribution < -0.4 is 11.1 Å². The standard InChI is InChI=1S/C16H33N3O2/c1-14(2)7-9-16(20,10-8-14)12-18-11-5-6-15(3,4)13(17)19-21/h18,20-21H,5-12H2,1-4H3,(H2,17,19). The van der Waals surface area contributed by atoms with Gasteiger partial charge in [-0.25, -0.2) is 0 Å². The van der Waals surface area contributed by atoms with E-state index in [1.54, 1.807) is 0 Å². The largest absolute Gasteiger partial charge is 0.409 e. The highest BCUT2D eigenvalue weighted by Crippen LogP contribution is 2.39. The summed E-state index contributed by atoms with van der Waals surface area (Å²) in [5, 5.41) is 25.7. The number of aliphatic hydroxyl groups is 1. The second-order valence-electron chi connectivity index (χ2n) is 8.04. The first-order chi connectivity index (χ1) is 9.60. The van der Waals surface area contributed by atoms with Crippen molar-refractivity contribution in [2.75, 3.05) is 13.1 Å². The molecular weight excluding hydrogens is 266 g/mol. The van der Waals surface area contributed by atoms with Crippen molar-refractivity contribution in [3.05, 3.63) is 0 Å². The summed E-state index contributed by atoms with van der Waals surface area (Å²) < 4.78 is 0. The van der Waals surface area contributed by atoms with Crippen LogP contribution in [0.5, 0.6) is 0 Å². The van der Waals surface area contributed by atoms with E-state index in [0.717, 1.165) is 45.1 Å². The SMILES string of the molecule is CC1(C)CCC(O)(CNCCCC(C)(C)C(N)=NO)CC1. The highest BCUT2D eigenvalue weighted by molar-refractivity contribution is 5.85. The summed E-state index contributed by atoms with van der Waals surface area (Å²) in [6.45, 7) is 9.99. The van der Waals surface area contributed by atoms with Gasteiger partial charge < -0.3 is 21.4 Å². The smallest absolute Gasteiger partial charge is 0.144 e. The monoisotopic (exact) mass is 299 g/mol. The topological polar surface area (TPSA) is 90.9 Å². The minimum absolute atomic E-state index is 0.274. The first kappa shape index (κ1) is 18.2. The highest BCUT2D eigenvalue weighted by atomic mass is 16.4. The van der Waals surface area contributed by atoms with Gasteiger partial charge in [0.15, 0.2) is 0 Å². The molecule has 0 radical (unpaired) electrons. The molecule has 1 aliphatic rings. The van der Waals surface area contributed by atoms with E-state index < -0.39 is 5.60 Å². The molecule has 0 saturated heterocycles. The van der Waals surface area contributed by atoms with E-state index in [2.05, 4.69) is 24.3 Å². The first-order valence-electron chi connectivity index (χ1n) is 8.01. The molecule has 0 heterocycles. The molecule has 0 amide bonds. The lowest BCUT2D eigenvalue weighted by atomic mass is 9.71. The molecule has 5 nitrogen and oxygen atoms in total. The quantitative estimate of drug-likeness (QED) is 0.191. The molecule has 21 heavy (non-hydrogen) atoms. The molecule has 0 aromatic carbocycles. The van der Waals surface area contributed by atoms with Crippen molar-refractivity contribution >= 4 is 5.84 Å². The van der Waals surface area contributed by atoms with Gasteiger partial charge in [0, 0.05) is 12.0 Å². The van der Waals surface area contributed by atoms with Crippen molar-refractivity contribution in [1.82, 2.24) is 5.32 Å². The first-order valence-corrected chi connectivity index (χ1v) is 8.01. The third kappa shape index (κ3) is 5.83. The number of nitrogens with zero attached hydrogens (tertiary/aromatic N) is 1. The van der Waals surface area contributed by atoms with Gasteiger partial charge in [-0.1, -0.05) is 32.9 Å². The van der Waals surface area contributed by atoms with E-state index in [9.17, 15) is 5.11 Å². The normalized spacial score (nSPS) is 22.2. The Labute approximate surface area is 129 Å². The van der Waals surface area contributed by atoms with Gasteiger partial charge in [0.2, 0.25) is 0 Å². The van der Waals surface area contributed by atoms with Crippen molar-refractivity contribution in [3.8, 4) is 0 Å². The Balaban J connectivity index is 2.23. The minimum atomic E-state index is -0.545. The van der Waals surface area contributed by atoms with Gasteiger partial charge in [-0.2, -0.15) is 0 Å². The zero-order valence-electron chi connectivity index (χ0n) is 14.1. The van der Waals surface area contributed by atoms with Crippen LogP contribution in [-0.2, 0) is 0 Å². The molecule has 1 fully saturated rings. The maximum Gasteiger partial charge on any atom is 0.144 e. The molecule has 1 saturated carbocycles. The van der Waals surface area contributed by atoms with Crippen LogP contribution in [0, 0.1) is 10.8 Å². The zero-order valence-corrected chi connectivity index (χ0v) is 14.1. The number of amidine groups is 1. The lowest BCUT2D eigenvalue weighted by Gasteiger charge is -2.40. The molecule has 0 aliphatic heterocycles. The molecule has 1 aliphatic carbocycles. The number of nitrogens with two attached hydrogens (primary N) is 1. The summed E-state index contributed by atoms with van der Waals surface area (Å²) in [6, 6.07) is 0. The van der Waals surface area contributed by atoms with E-state index in [1.165, 1.54) is 0 Å². The fourth-order valence-corrected chi connectivity index (χ4v) is 2.81. The van der Waals surface area contributed by atoms with Crippen LogP contribution in [-0.4, -0.2) is 34.8 Å². The summed E-state index contributed by atoms with van der Waals surface area (Å²) in [5.41, 5.74) is 5.21. The Bertz CT molecular complexity index is 355. The van der Waals surface area contributed by atoms with Crippen LogP contribution in [0.1, 0.15) is 66.2 Å². The maximum absolute atomic E-state index is 10.6. The number of hydrogen-bond donors (Lipinski definition) is 4. The van der Waals surface area contributed by atoms with Gasteiger partial charge in [-0.15, -0.1) is 0 Å². The predicted molar refractivity (Wildman–Crippen MR) is 86.5 cm³/mol. The number of hydrogen-bond acceptors (Lipinski definition) is 4. The Kier molecular flexibility index (Phi) is 6.05. The van der Waals surface area contributed by atoms with Crippen molar-refractivity contribution in [1.29, 1.82) is 0 Å². The van der Waals surface area contributed by atoms with Crippen LogP contribution in [0.3, 0.4) is 0 Å². The highest BCUT2D eigenvalue weighted by Gasteiger charge is 2.36. The Hall–Kier alpha value is -0.810. The van der Waals surface area contributed by atoms with Gasteiger partial charge in [0.25, 0.3) is 0 Å². The molecule has 0 spiro atoms. The second kappa shape index (κ2) is 6.97. The van der Waals surface area contributed by atoms with Gasteiger partial charge in [-0.05, 0) is 50.5 Å². The maximum atomic E-state index is 10.6. The number of rotatable bonds is 7. The van der Waals surface area contributed by atoms with Gasteiger partial charge in [0.05, 0.1) is 5.60 Å². The van der Waals surface area contributed by atoms with E-state index >= 15 is 0 Å². The summed E-state index contributed by atoms with van der Waals surface area (Å²) >= 11 is 0. The van der Waals surface area contributed by atoms with Crippen LogP contribution >= 0.6 is 0 Å². The minimum Gasteiger partial charge on any atom is -0.409 e. The molecule has 0 aromatic rings. The van der Waals surface area contributed by atoms with Crippen LogP contribution in [0.25, 0.3) is 0 Å². The molecule has 124 valence electrons. The van der Waals surface area contributed by atoms with E-state index in [1.807, 2.05) is 13.8 Å². The molecule has 1 rings (SSSR count). The average Bonchev–Trinajstić information content (AvgIpc) is 2.41. The fraction of sp³-hybridized carbons (Fsp3) is 0.938. The van der Waals surface area contributed by atoms with E-state index in [4.69, 9.17) is 10.9 Å². The van der Waals surface area contributed by atoms with Crippen LogP contribution in [0.4, 0.5) is 0 Å². The summed E-state index contributed by atoms with van der Waals surface area (Å²) in [5.74, 6) is 0.274. The van der Waals surface area contributed by atoms with Crippen molar-refractivity contribution in [2.24, 2.45) is 21.7 Å². The van der Waals surface area contributed by atoms with Crippen molar-refractivity contribution in [2.45, 2.75) is 71.8 Å². The zero-order chi connectivity index (χ0) is 16.1. The van der Waals surface area contributed by atoms with Gasteiger partial charge in [0.1, 0.15) is 5.84 Å². The molecule has 5 heteroatoms. The fourth-order valence-electron chi connectivity index (χ4n) is 2.81. The summed E-state index contributed by atoms with van der Waals surface area (Å²) in [4.78, 5) is 0. The Morgan fingerprint density at radius 3 is 2.33 bits per heavy atom. The van der Waals surface area contributed by atoms with Gasteiger partial charge in [-0.3, -0.25) is 0 Å². The average molecular weight is 299 g/mol. The lowest BCUT2D eigenvalue weighted by Crippen LogP contribution is -2.45. The van der Waals surface area contributed by atoms with Crippen molar-refractivity contribution in [3.63, 3.8) is 0 Å². The third-order valence-electron chi connectivity index (χ3n) is 4.94. The van der Waals surface area contributed by atoms with Crippen molar-refractivity contribution < 1.29 is 10.3 Å². The molecule has 0 aromatic heterocycles. The summed E-state index contributed by atoms with van der Waals surface area (Å²) in [6.07, 6.45) is 5.71. The van der Waals surface area contributed by atoms with E-state index in [0.29, 0.717) is 12.0 Å². The lowest BCUT2D eigenvalue weighted by molar-refractivity contribution is -0.0242. The van der Waals surface area contributed by atoms with E-state index in [-0.39, 0.29) is 11.3 Å².